The number of amides is 1. The Bertz CT molecular complexity index is 536. The van der Waals surface area contributed by atoms with Crippen LogP contribution in [0.25, 0.3) is 0 Å². The van der Waals surface area contributed by atoms with Crippen LogP contribution in [0, 0.1) is 6.92 Å². The molecule has 1 aromatic heterocycles. The molecule has 0 saturated carbocycles. The van der Waals surface area contributed by atoms with Gasteiger partial charge in [0.1, 0.15) is 12.6 Å². The van der Waals surface area contributed by atoms with Crippen LogP contribution in [0.2, 0.25) is 0 Å². The van der Waals surface area contributed by atoms with E-state index in [1.807, 2.05) is 6.92 Å². The predicted molar refractivity (Wildman–Crippen MR) is 74.5 cm³/mol. The van der Waals surface area contributed by atoms with Gasteiger partial charge in [0, 0.05) is 12.3 Å². The summed E-state index contributed by atoms with van der Waals surface area (Å²) in [7, 11) is 0. The molecular formula is C14H20N2O4. The molecule has 1 aromatic rings. The zero-order chi connectivity index (χ0) is 15.1. The molecule has 0 aliphatic heterocycles. The van der Waals surface area contributed by atoms with Crippen LogP contribution < -0.4 is 10.9 Å². The largest absolute Gasteiger partial charge is 0.480 e. The number of pyridine rings is 1. The number of hydrogen-bond acceptors (Lipinski definition) is 3. The number of carboxylic acid groups (broad SMARTS) is 1. The quantitative estimate of drug-likeness (QED) is 0.777. The summed E-state index contributed by atoms with van der Waals surface area (Å²) < 4.78 is 1.25. The van der Waals surface area contributed by atoms with Crippen molar-refractivity contribution in [2.75, 3.05) is 0 Å². The zero-order valence-electron chi connectivity index (χ0n) is 11.8. The second-order valence-electron chi connectivity index (χ2n) is 4.77. The van der Waals surface area contributed by atoms with E-state index in [2.05, 4.69) is 5.32 Å². The van der Waals surface area contributed by atoms with Crippen molar-refractivity contribution in [3.8, 4) is 0 Å². The molecule has 0 saturated heterocycles. The molecule has 1 atom stereocenters. The highest BCUT2D eigenvalue weighted by atomic mass is 16.4. The van der Waals surface area contributed by atoms with E-state index >= 15 is 0 Å². The van der Waals surface area contributed by atoms with Gasteiger partial charge in [-0.15, -0.1) is 0 Å². The van der Waals surface area contributed by atoms with Gasteiger partial charge < -0.3 is 15.0 Å². The van der Waals surface area contributed by atoms with Crippen molar-refractivity contribution in [3.63, 3.8) is 0 Å². The Morgan fingerprint density at radius 3 is 2.70 bits per heavy atom. The fourth-order valence-corrected chi connectivity index (χ4v) is 1.80. The summed E-state index contributed by atoms with van der Waals surface area (Å²) in [4.78, 5) is 34.4. The molecule has 0 bridgehead atoms. The molecule has 0 aliphatic rings. The summed E-state index contributed by atoms with van der Waals surface area (Å²) in [5.74, 6) is -1.53. The maximum absolute atomic E-state index is 11.8. The third-order valence-electron chi connectivity index (χ3n) is 2.95. The molecule has 1 amide bonds. The first kappa shape index (κ1) is 15.9. The van der Waals surface area contributed by atoms with E-state index in [9.17, 15) is 14.4 Å². The molecular weight excluding hydrogens is 260 g/mol. The number of rotatable bonds is 7. The number of nitrogens with one attached hydrogen (secondary N) is 1. The third-order valence-corrected chi connectivity index (χ3v) is 2.95. The molecule has 6 heteroatoms. The maximum atomic E-state index is 11.8. The molecule has 0 aliphatic carbocycles. The number of unbranched alkanes of at least 4 members (excludes halogenated alkanes) is 1. The summed E-state index contributed by atoms with van der Waals surface area (Å²) in [5, 5.41) is 11.5. The highest BCUT2D eigenvalue weighted by Gasteiger charge is 2.19. The highest BCUT2D eigenvalue weighted by Crippen LogP contribution is 2.01. The van der Waals surface area contributed by atoms with Gasteiger partial charge >= 0.3 is 5.97 Å². The van der Waals surface area contributed by atoms with Crippen molar-refractivity contribution in [1.29, 1.82) is 0 Å². The Hall–Kier alpha value is -2.11. The topological polar surface area (TPSA) is 88.4 Å². The minimum absolute atomic E-state index is 0.172. The van der Waals surface area contributed by atoms with Gasteiger partial charge in [-0.05, 0) is 25.0 Å². The number of nitrogens with zero attached hydrogens (tertiary/aromatic N) is 1. The maximum Gasteiger partial charge on any atom is 0.326 e. The Labute approximate surface area is 117 Å². The van der Waals surface area contributed by atoms with Gasteiger partial charge in [0.05, 0.1) is 0 Å². The minimum Gasteiger partial charge on any atom is -0.480 e. The first-order valence-electron chi connectivity index (χ1n) is 6.63. The van der Waals surface area contributed by atoms with Crippen LogP contribution in [-0.2, 0) is 16.1 Å². The van der Waals surface area contributed by atoms with Gasteiger partial charge in [0.15, 0.2) is 0 Å². The van der Waals surface area contributed by atoms with Crippen LogP contribution in [0.1, 0.15) is 31.7 Å². The zero-order valence-corrected chi connectivity index (χ0v) is 11.8. The van der Waals surface area contributed by atoms with E-state index in [-0.39, 0.29) is 12.1 Å². The second-order valence-corrected chi connectivity index (χ2v) is 4.77. The fourth-order valence-electron chi connectivity index (χ4n) is 1.80. The van der Waals surface area contributed by atoms with Crippen molar-refractivity contribution in [2.24, 2.45) is 0 Å². The Balaban J connectivity index is 2.65. The van der Waals surface area contributed by atoms with Crippen molar-refractivity contribution in [3.05, 3.63) is 34.2 Å². The predicted octanol–water partition coefficient (Wildman–Crippen LogP) is 0.916. The molecule has 0 radical (unpaired) electrons. The molecule has 1 rings (SSSR count). The normalized spacial score (nSPS) is 11.9. The molecule has 0 spiro atoms. The third kappa shape index (κ3) is 4.87. The number of aliphatic carboxylic acids is 1. The lowest BCUT2D eigenvalue weighted by Crippen LogP contribution is -2.43. The van der Waals surface area contributed by atoms with Gasteiger partial charge in [0.2, 0.25) is 5.91 Å². The van der Waals surface area contributed by atoms with Gasteiger partial charge in [-0.25, -0.2) is 4.79 Å². The lowest BCUT2D eigenvalue weighted by atomic mass is 10.1. The standard InChI is InChI=1S/C14H20N2O4/c1-3-4-5-11(14(19)20)15-12(17)9-16-7-6-10(2)8-13(16)18/h6-8,11H,3-5,9H2,1-2H3,(H,15,17)(H,19,20). The van der Waals surface area contributed by atoms with Gasteiger partial charge in [-0.2, -0.15) is 0 Å². The molecule has 1 unspecified atom stereocenters. The Morgan fingerprint density at radius 2 is 2.15 bits per heavy atom. The van der Waals surface area contributed by atoms with Crippen molar-refractivity contribution in [2.45, 2.75) is 45.7 Å². The van der Waals surface area contributed by atoms with Crippen molar-refractivity contribution in [1.82, 2.24) is 9.88 Å². The minimum atomic E-state index is -1.05. The SMILES string of the molecule is CCCCC(NC(=O)Cn1ccc(C)cc1=O)C(=O)O. The van der Waals surface area contributed by atoms with E-state index in [0.29, 0.717) is 6.42 Å². The molecule has 20 heavy (non-hydrogen) atoms. The summed E-state index contributed by atoms with van der Waals surface area (Å²) in [6.45, 7) is 3.57. The molecule has 0 fully saturated rings. The van der Waals surface area contributed by atoms with Crippen LogP contribution >= 0.6 is 0 Å². The first-order valence-corrected chi connectivity index (χ1v) is 6.63. The van der Waals surface area contributed by atoms with E-state index in [1.54, 1.807) is 13.0 Å². The van der Waals surface area contributed by atoms with Gasteiger partial charge in [-0.3, -0.25) is 9.59 Å². The average molecular weight is 280 g/mol. The summed E-state index contributed by atoms with van der Waals surface area (Å²) in [6, 6.07) is 2.25. The lowest BCUT2D eigenvalue weighted by molar-refractivity contribution is -0.142. The number of aromatic nitrogens is 1. The second kappa shape index (κ2) is 7.47. The monoisotopic (exact) mass is 280 g/mol. The number of carbonyl (C=O) groups excluding carboxylic acids is 1. The number of carboxylic acids is 1. The highest BCUT2D eigenvalue weighted by molar-refractivity contribution is 5.83. The average Bonchev–Trinajstić information content (AvgIpc) is 2.37. The molecule has 110 valence electrons. The van der Waals surface area contributed by atoms with E-state index in [4.69, 9.17) is 5.11 Å². The van der Waals surface area contributed by atoms with Crippen molar-refractivity contribution >= 4 is 11.9 Å². The molecule has 1 heterocycles. The Kier molecular flexibility index (Phi) is 5.96. The number of hydrogen-bond donors (Lipinski definition) is 2. The van der Waals surface area contributed by atoms with Crippen LogP contribution in [0.4, 0.5) is 0 Å². The van der Waals surface area contributed by atoms with E-state index in [0.717, 1.165) is 18.4 Å². The van der Waals surface area contributed by atoms with Crippen LogP contribution in [0.3, 0.4) is 0 Å². The summed E-state index contributed by atoms with van der Waals surface area (Å²) in [6.07, 6.45) is 3.50. The van der Waals surface area contributed by atoms with Gasteiger partial charge in [-0.1, -0.05) is 19.8 Å². The number of aryl methyl sites for hydroxylation is 1. The van der Waals surface area contributed by atoms with E-state index in [1.165, 1.54) is 16.8 Å². The van der Waals surface area contributed by atoms with Gasteiger partial charge in [0.25, 0.3) is 5.56 Å². The summed E-state index contributed by atoms with van der Waals surface area (Å²) >= 11 is 0. The van der Waals surface area contributed by atoms with E-state index < -0.39 is 17.9 Å². The summed E-state index contributed by atoms with van der Waals surface area (Å²) in [5.41, 5.74) is 0.540. The molecule has 0 aromatic carbocycles. The van der Waals surface area contributed by atoms with Crippen LogP contribution in [-0.4, -0.2) is 27.6 Å². The Morgan fingerprint density at radius 1 is 1.45 bits per heavy atom. The van der Waals surface area contributed by atoms with Crippen LogP contribution in [0.5, 0.6) is 0 Å². The molecule has 6 nitrogen and oxygen atoms in total. The van der Waals surface area contributed by atoms with Crippen molar-refractivity contribution < 1.29 is 14.7 Å². The van der Waals surface area contributed by atoms with Crippen LogP contribution in [0.15, 0.2) is 23.1 Å². The smallest absolute Gasteiger partial charge is 0.326 e. The molecule has 2 N–H and O–H groups in total. The fraction of sp³-hybridized carbons (Fsp3) is 0.500. The first-order chi connectivity index (χ1) is 9.43. The number of carbonyl (C=O) groups is 2. The lowest BCUT2D eigenvalue weighted by Gasteiger charge is -2.14.